The van der Waals surface area contributed by atoms with Gasteiger partial charge in [0.25, 0.3) is 0 Å². The molecule has 0 heterocycles. The molecule has 0 amide bonds. The Kier molecular flexibility index (Phi) is 7.15. The van der Waals surface area contributed by atoms with E-state index in [9.17, 15) is 8.78 Å². The zero-order valence-corrected chi connectivity index (χ0v) is 15.8. The lowest BCUT2D eigenvalue weighted by atomic mass is 10.1. The largest absolute Gasteiger partial charge is 0.490 e. The van der Waals surface area contributed by atoms with Gasteiger partial charge in [-0.1, -0.05) is 6.07 Å². The van der Waals surface area contributed by atoms with Crippen molar-refractivity contribution in [2.45, 2.75) is 26.8 Å². The molecule has 0 aliphatic carbocycles. The third kappa shape index (κ3) is 5.29. The predicted molar refractivity (Wildman–Crippen MR) is 103 cm³/mol. The van der Waals surface area contributed by atoms with Crippen molar-refractivity contribution in [2.75, 3.05) is 18.5 Å². The van der Waals surface area contributed by atoms with E-state index in [2.05, 4.69) is 10.6 Å². The average Bonchev–Trinajstić information content (AvgIpc) is 2.60. The number of benzene rings is 2. The summed E-state index contributed by atoms with van der Waals surface area (Å²) in [6, 6.07) is 9.06. The van der Waals surface area contributed by atoms with E-state index in [-0.39, 0.29) is 6.04 Å². The van der Waals surface area contributed by atoms with Crippen molar-refractivity contribution >= 4 is 23.0 Å². The monoisotopic (exact) mass is 380 g/mol. The molecule has 0 saturated heterocycles. The first-order valence-corrected chi connectivity index (χ1v) is 8.77. The third-order valence-corrected chi connectivity index (χ3v) is 3.81. The highest BCUT2D eigenvalue weighted by molar-refractivity contribution is 7.80. The van der Waals surface area contributed by atoms with E-state index < -0.39 is 11.6 Å². The van der Waals surface area contributed by atoms with E-state index in [0.29, 0.717) is 35.5 Å². The first-order valence-electron chi connectivity index (χ1n) is 8.36. The summed E-state index contributed by atoms with van der Waals surface area (Å²) >= 11 is 5.25. The Morgan fingerprint density at radius 2 is 1.69 bits per heavy atom. The van der Waals surface area contributed by atoms with Crippen molar-refractivity contribution in [1.82, 2.24) is 5.32 Å². The van der Waals surface area contributed by atoms with Crippen molar-refractivity contribution in [3.63, 3.8) is 0 Å². The minimum absolute atomic E-state index is 0.129. The molecule has 0 fully saturated rings. The van der Waals surface area contributed by atoms with Crippen LogP contribution in [0.15, 0.2) is 36.4 Å². The highest BCUT2D eigenvalue weighted by atomic mass is 32.1. The molecule has 2 rings (SSSR count). The highest BCUT2D eigenvalue weighted by Gasteiger charge is 2.12. The van der Waals surface area contributed by atoms with Crippen LogP contribution in [0.3, 0.4) is 0 Å². The Bertz CT molecular complexity index is 771. The van der Waals surface area contributed by atoms with Crippen LogP contribution in [0.5, 0.6) is 11.5 Å². The lowest BCUT2D eigenvalue weighted by Crippen LogP contribution is -2.31. The second kappa shape index (κ2) is 9.33. The molecule has 140 valence electrons. The second-order valence-corrected chi connectivity index (χ2v) is 5.93. The Hall–Kier alpha value is -2.41. The summed E-state index contributed by atoms with van der Waals surface area (Å²) in [5.41, 5.74) is 1.32. The molecule has 0 aliphatic rings. The molecule has 4 nitrogen and oxygen atoms in total. The van der Waals surface area contributed by atoms with Gasteiger partial charge >= 0.3 is 0 Å². The molecule has 0 radical (unpaired) electrons. The van der Waals surface area contributed by atoms with Crippen LogP contribution in [-0.2, 0) is 0 Å². The third-order valence-electron chi connectivity index (χ3n) is 3.59. The van der Waals surface area contributed by atoms with Crippen LogP contribution in [0.4, 0.5) is 14.5 Å². The lowest BCUT2D eigenvalue weighted by Gasteiger charge is -2.19. The van der Waals surface area contributed by atoms with Crippen LogP contribution in [0.2, 0.25) is 0 Å². The Morgan fingerprint density at radius 3 is 2.35 bits per heavy atom. The molecule has 0 bridgehead atoms. The van der Waals surface area contributed by atoms with Gasteiger partial charge in [-0.2, -0.15) is 0 Å². The molecule has 0 saturated carbocycles. The molecule has 7 heteroatoms. The number of thiocarbonyl (C=S) groups is 1. The van der Waals surface area contributed by atoms with Gasteiger partial charge in [0.05, 0.1) is 19.3 Å². The predicted octanol–water partition coefficient (Wildman–Crippen LogP) is 4.81. The molecule has 0 unspecified atom stereocenters. The summed E-state index contributed by atoms with van der Waals surface area (Å²) in [5, 5.41) is 6.25. The maximum absolute atomic E-state index is 13.3. The number of hydrogen-bond acceptors (Lipinski definition) is 3. The number of rotatable bonds is 7. The number of hydrogen-bond donors (Lipinski definition) is 2. The smallest absolute Gasteiger partial charge is 0.171 e. The van der Waals surface area contributed by atoms with Crippen LogP contribution in [0.1, 0.15) is 32.4 Å². The van der Waals surface area contributed by atoms with Gasteiger partial charge in [-0.3, -0.25) is 0 Å². The molecule has 2 aromatic carbocycles. The van der Waals surface area contributed by atoms with Gasteiger partial charge < -0.3 is 20.1 Å². The topological polar surface area (TPSA) is 42.5 Å². The van der Waals surface area contributed by atoms with Gasteiger partial charge in [-0.05, 0) is 62.8 Å². The molecule has 0 aromatic heterocycles. The summed E-state index contributed by atoms with van der Waals surface area (Å²) in [6.45, 7) is 6.84. The van der Waals surface area contributed by atoms with E-state index >= 15 is 0 Å². The van der Waals surface area contributed by atoms with E-state index in [4.69, 9.17) is 21.7 Å². The van der Waals surface area contributed by atoms with Gasteiger partial charge in [0, 0.05) is 11.8 Å². The molecule has 1 atom stereocenters. The maximum Gasteiger partial charge on any atom is 0.171 e. The van der Waals surface area contributed by atoms with Crippen molar-refractivity contribution in [3.05, 3.63) is 53.6 Å². The van der Waals surface area contributed by atoms with Crippen LogP contribution in [-0.4, -0.2) is 18.3 Å². The number of halogens is 2. The van der Waals surface area contributed by atoms with Crippen molar-refractivity contribution in [1.29, 1.82) is 0 Å². The van der Waals surface area contributed by atoms with Crippen molar-refractivity contribution in [2.24, 2.45) is 0 Å². The van der Waals surface area contributed by atoms with Crippen molar-refractivity contribution < 1.29 is 18.3 Å². The normalized spacial score (nSPS) is 11.6. The summed E-state index contributed by atoms with van der Waals surface area (Å²) in [5.74, 6) is -0.480. The Labute approximate surface area is 157 Å². The van der Waals surface area contributed by atoms with Gasteiger partial charge in [-0.15, -0.1) is 0 Å². The number of nitrogens with one attached hydrogen (secondary N) is 2. The van der Waals surface area contributed by atoms with Gasteiger partial charge in [-0.25, -0.2) is 8.78 Å². The molecular formula is C19H22F2N2O2S. The van der Waals surface area contributed by atoms with E-state index in [0.717, 1.165) is 17.7 Å². The fraction of sp³-hybridized carbons (Fsp3) is 0.316. The summed E-state index contributed by atoms with van der Waals surface area (Å²) in [4.78, 5) is 0. The minimum Gasteiger partial charge on any atom is -0.490 e. The van der Waals surface area contributed by atoms with Crippen LogP contribution in [0, 0.1) is 11.6 Å². The molecule has 2 N–H and O–H groups in total. The Balaban J connectivity index is 2.05. The lowest BCUT2D eigenvalue weighted by molar-refractivity contribution is 0.287. The second-order valence-electron chi connectivity index (χ2n) is 5.52. The average molecular weight is 380 g/mol. The molecular weight excluding hydrogens is 358 g/mol. The van der Waals surface area contributed by atoms with Crippen LogP contribution >= 0.6 is 12.2 Å². The SMILES string of the molecule is CCOc1ccc([C@H](C)NC(=S)Nc2ccc(F)c(F)c2)cc1OCC. The van der Waals surface area contributed by atoms with Crippen LogP contribution in [0.25, 0.3) is 0 Å². The van der Waals surface area contributed by atoms with Crippen molar-refractivity contribution in [3.8, 4) is 11.5 Å². The van der Waals surface area contributed by atoms with Gasteiger partial charge in [0.1, 0.15) is 0 Å². The minimum atomic E-state index is -0.932. The van der Waals surface area contributed by atoms with E-state index in [1.807, 2.05) is 39.0 Å². The van der Waals surface area contributed by atoms with Crippen LogP contribution < -0.4 is 20.1 Å². The summed E-state index contributed by atoms with van der Waals surface area (Å²) < 4.78 is 37.4. The standard InChI is InChI=1S/C19H22F2N2O2S/c1-4-24-17-9-6-13(10-18(17)25-5-2)12(3)22-19(26)23-14-7-8-15(20)16(21)11-14/h6-12H,4-5H2,1-3H3,(H2,22,23,26)/t12-/m0/s1. The fourth-order valence-electron chi connectivity index (χ4n) is 2.36. The highest BCUT2D eigenvalue weighted by Crippen LogP contribution is 2.30. The maximum atomic E-state index is 13.3. The summed E-state index contributed by atoms with van der Waals surface area (Å²) in [7, 11) is 0. The zero-order valence-electron chi connectivity index (χ0n) is 14.9. The van der Waals surface area contributed by atoms with E-state index in [1.54, 1.807) is 0 Å². The number of ether oxygens (including phenoxy) is 2. The first-order chi connectivity index (χ1) is 12.4. The molecule has 26 heavy (non-hydrogen) atoms. The molecule has 0 spiro atoms. The molecule has 0 aliphatic heterocycles. The molecule has 2 aromatic rings. The van der Waals surface area contributed by atoms with E-state index in [1.165, 1.54) is 6.07 Å². The quantitative estimate of drug-likeness (QED) is 0.675. The fourth-order valence-corrected chi connectivity index (χ4v) is 2.65. The zero-order chi connectivity index (χ0) is 19.1. The first kappa shape index (κ1) is 19.9. The van der Waals surface area contributed by atoms with Gasteiger partial charge in [0.15, 0.2) is 28.2 Å². The van der Waals surface area contributed by atoms with Gasteiger partial charge in [0.2, 0.25) is 0 Å². The Morgan fingerprint density at radius 1 is 1.00 bits per heavy atom. The summed E-state index contributed by atoms with van der Waals surface area (Å²) in [6.07, 6.45) is 0. The number of anilines is 1.